The van der Waals surface area contributed by atoms with Crippen LogP contribution >= 0.6 is 0 Å². The third kappa shape index (κ3) is 5.36. The molecule has 1 aliphatic rings. The van der Waals surface area contributed by atoms with Crippen molar-refractivity contribution in [2.24, 2.45) is 0 Å². The van der Waals surface area contributed by atoms with Crippen LogP contribution in [-0.2, 0) is 25.4 Å². The fourth-order valence-electron chi connectivity index (χ4n) is 2.39. The van der Waals surface area contributed by atoms with Gasteiger partial charge >= 0.3 is 0 Å². The minimum absolute atomic E-state index is 0.0516. The molecule has 0 aliphatic carbocycles. The van der Waals surface area contributed by atoms with Crippen molar-refractivity contribution in [1.82, 2.24) is 4.90 Å². The lowest BCUT2D eigenvalue weighted by Crippen LogP contribution is -2.47. The monoisotopic (exact) mass is 311 g/mol. The highest BCUT2D eigenvalue weighted by molar-refractivity contribution is 5.77. The van der Waals surface area contributed by atoms with Gasteiger partial charge in [-0.2, -0.15) is 0 Å². The average molecular weight is 311 g/mol. The van der Waals surface area contributed by atoms with E-state index in [1.165, 1.54) is 12.1 Å². The predicted molar refractivity (Wildman–Crippen MR) is 79.1 cm³/mol. The van der Waals surface area contributed by atoms with Crippen LogP contribution in [0.15, 0.2) is 24.3 Å². The number of ether oxygens (including phenoxy) is 3. The van der Waals surface area contributed by atoms with Crippen LogP contribution in [0.1, 0.15) is 5.56 Å². The molecule has 22 heavy (non-hydrogen) atoms. The number of nitrogens with zero attached hydrogens (tertiary/aromatic N) is 1. The van der Waals surface area contributed by atoms with E-state index in [4.69, 9.17) is 14.2 Å². The van der Waals surface area contributed by atoms with Crippen LogP contribution in [-0.4, -0.2) is 63.5 Å². The smallest absolute Gasteiger partial charge is 0.248 e. The average Bonchev–Trinajstić information content (AvgIpc) is 2.52. The summed E-state index contributed by atoms with van der Waals surface area (Å²) in [6, 6.07) is 6.46. The molecule has 1 aromatic carbocycles. The molecule has 0 saturated carbocycles. The third-order valence-corrected chi connectivity index (χ3v) is 3.50. The first kappa shape index (κ1) is 16.9. The van der Waals surface area contributed by atoms with Gasteiger partial charge in [-0.25, -0.2) is 4.39 Å². The van der Waals surface area contributed by atoms with Gasteiger partial charge in [0.05, 0.1) is 25.9 Å². The molecule has 1 fully saturated rings. The largest absolute Gasteiger partial charge is 0.382 e. The van der Waals surface area contributed by atoms with Crippen LogP contribution in [0.3, 0.4) is 0 Å². The Morgan fingerprint density at radius 2 is 2.32 bits per heavy atom. The Morgan fingerprint density at radius 1 is 1.45 bits per heavy atom. The molecule has 1 amide bonds. The zero-order chi connectivity index (χ0) is 15.8. The first-order valence-electron chi connectivity index (χ1n) is 7.39. The van der Waals surface area contributed by atoms with Crippen molar-refractivity contribution < 1.29 is 23.4 Å². The van der Waals surface area contributed by atoms with E-state index >= 15 is 0 Å². The molecule has 0 radical (unpaired) electrons. The summed E-state index contributed by atoms with van der Waals surface area (Å²) in [6.45, 7) is 2.48. The Morgan fingerprint density at radius 3 is 3.09 bits per heavy atom. The van der Waals surface area contributed by atoms with Crippen molar-refractivity contribution in [2.75, 3.05) is 46.6 Å². The van der Waals surface area contributed by atoms with Gasteiger partial charge < -0.3 is 19.1 Å². The highest BCUT2D eigenvalue weighted by Crippen LogP contribution is 2.13. The van der Waals surface area contributed by atoms with E-state index in [0.717, 1.165) is 5.56 Å². The molecule has 0 N–H and O–H groups in total. The zero-order valence-corrected chi connectivity index (χ0v) is 12.8. The molecule has 1 atom stereocenters. The first-order chi connectivity index (χ1) is 10.7. The fraction of sp³-hybridized carbons (Fsp3) is 0.562. The topological polar surface area (TPSA) is 48.0 Å². The molecule has 1 saturated heterocycles. The Hall–Kier alpha value is -1.50. The summed E-state index contributed by atoms with van der Waals surface area (Å²) in [5.74, 6) is -0.309. The summed E-state index contributed by atoms with van der Waals surface area (Å²) in [5, 5.41) is 0. The van der Waals surface area contributed by atoms with Crippen molar-refractivity contribution in [3.8, 4) is 0 Å². The molecule has 6 heteroatoms. The number of morpholine rings is 1. The number of hydrogen-bond donors (Lipinski definition) is 0. The predicted octanol–water partition coefficient (Wildman–Crippen LogP) is 1.26. The number of carbonyl (C=O) groups excluding carboxylic acids is 1. The zero-order valence-electron chi connectivity index (χ0n) is 12.8. The molecule has 1 aliphatic heterocycles. The number of amides is 1. The van der Waals surface area contributed by atoms with Crippen LogP contribution in [0, 0.1) is 5.82 Å². The van der Waals surface area contributed by atoms with Crippen molar-refractivity contribution in [1.29, 1.82) is 0 Å². The minimum Gasteiger partial charge on any atom is -0.382 e. The summed E-state index contributed by atoms with van der Waals surface area (Å²) < 4.78 is 29.0. The van der Waals surface area contributed by atoms with Crippen LogP contribution in [0.5, 0.6) is 0 Å². The molecule has 1 aromatic rings. The SMILES string of the molecule is COCCOCC(=O)N1CCOC(Cc2cccc(F)c2)C1. The maximum absolute atomic E-state index is 13.2. The van der Waals surface area contributed by atoms with E-state index in [0.29, 0.717) is 39.3 Å². The Bertz CT molecular complexity index is 483. The molecule has 1 unspecified atom stereocenters. The number of benzene rings is 1. The second kappa shape index (κ2) is 8.82. The quantitative estimate of drug-likeness (QED) is 0.711. The van der Waals surface area contributed by atoms with Crippen LogP contribution in [0.25, 0.3) is 0 Å². The van der Waals surface area contributed by atoms with Gasteiger partial charge in [-0.05, 0) is 17.7 Å². The molecule has 1 heterocycles. The van der Waals surface area contributed by atoms with Gasteiger partial charge in [0.15, 0.2) is 0 Å². The van der Waals surface area contributed by atoms with Crippen LogP contribution in [0.4, 0.5) is 4.39 Å². The second-order valence-corrected chi connectivity index (χ2v) is 5.21. The van der Waals surface area contributed by atoms with E-state index in [1.54, 1.807) is 18.1 Å². The van der Waals surface area contributed by atoms with Crippen LogP contribution in [0.2, 0.25) is 0 Å². The van der Waals surface area contributed by atoms with Gasteiger partial charge in [-0.15, -0.1) is 0 Å². The van der Waals surface area contributed by atoms with Crippen molar-refractivity contribution in [3.05, 3.63) is 35.6 Å². The van der Waals surface area contributed by atoms with E-state index in [9.17, 15) is 9.18 Å². The van der Waals surface area contributed by atoms with Gasteiger partial charge in [0.25, 0.3) is 0 Å². The molecule has 0 spiro atoms. The number of carbonyl (C=O) groups is 1. The maximum Gasteiger partial charge on any atom is 0.248 e. The summed E-state index contributed by atoms with van der Waals surface area (Å²) in [4.78, 5) is 13.8. The molecular weight excluding hydrogens is 289 g/mol. The Labute approximate surface area is 130 Å². The van der Waals surface area contributed by atoms with E-state index < -0.39 is 0 Å². The standard InChI is InChI=1S/C16H22FNO4/c1-20-7-8-21-12-16(19)18-5-6-22-15(11-18)10-13-3-2-4-14(17)9-13/h2-4,9,15H,5-8,10-12H2,1H3. The lowest BCUT2D eigenvalue weighted by atomic mass is 10.1. The molecule has 2 rings (SSSR count). The van der Waals surface area contributed by atoms with Gasteiger partial charge in [0.2, 0.25) is 5.91 Å². The highest BCUT2D eigenvalue weighted by atomic mass is 19.1. The molecule has 0 bridgehead atoms. The maximum atomic E-state index is 13.2. The summed E-state index contributed by atoms with van der Waals surface area (Å²) in [7, 11) is 1.59. The van der Waals surface area contributed by atoms with E-state index in [-0.39, 0.29) is 24.4 Å². The highest BCUT2D eigenvalue weighted by Gasteiger charge is 2.24. The number of halogens is 1. The third-order valence-electron chi connectivity index (χ3n) is 3.50. The van der Waals surface area contributed by atoms with E-state index in [1.807, 2.05) is 6.07 Å². The lowest BCUT2D eigenvalue weighted by Gasteiger charge is -2.33. The summed E-state index contributed by atoms with van der Waals surface area (Å²) in [5.41, 5.74) is 0.871. The molecule has 5 nitrogen and oxygen atoms in total. The van der Waals surface area contributed by atoms with Gasteiger partial charge in [-0.3, -0.25) is 4.79 Å². The first-order valence-corrected chi connectivity index (χ1v) is 7.39. The fourth-order valence-corrected chi connectivity index (χ4v) is 2.39. The van der Waals surface area contributed by atoms with Crippen molar-refractivity contribution in [2.45, 2.75) is 12.5 Å². The van der Waals surface area contributed by atoms with Crippen molar-refractivity contribution in [3.63, 3.8) is 0 Å². The molecule has 0 aromatic heterocycles. The second-order valence-electron chi connectivity index (χ2n) is 5.21. The number of hydrogen-bond acceptors (Lipinski definition) is 4. The van der Waals surface area contributed by atoms with E-state index in [2.05, 4.69) is 0 Å². The normalized spacial score (nSPS) is 18.5. The van der Waals surface area contributed by atoms with Crippen LogP contribution < -0.4 is 0 Å². The number of rotatable bonds is 7. The van der Waals surface area contributed by atoms with Gasteiger partial charge in [-0.1, -0.05) is 12.1 Å². The lowest BCUT2D eigenvalue weighted by molar-refractivity contribution is -0.143. The summed E-state index contributed by atoms with van der Waals surface area (Å²) >= 11 is 0. The van der Waals surface area contributed by atoms with Gasteiger partial charge in [0.1, 0.15) is 12.4 Å². The van der Waals surface area contributed by atoms with Crippen molar-refractivity contribution >= 4 is 5.91 Å². The molecule has 122 valence electrons. The Balaban J connectivity index is 1.79. The molecular formula is C16H22FNO4. The number of methoxy groups -OCH3 is 1. The Kier molecular flexibility index (Phi) is 6.76. The minimum atomic E-state index is -0.257. The summed E-state index contributed by atoms with van der Waals surface area (Å²) in [6.07, 6.45) is 0.477. The van der Waals surface area contributed by atoms with Gasteiger partial charge in [0, 0.05) is 26.6 Å².